The molecule has 0 spiro atoms. The fourth-order valence-electron chi connectivity index (χ4n) is 2.03. The molecule has 108 valence electrons. The molecule has 3 nitrogen and oxygen atoms in total. The summed E-state index contributed by atoms with van der Waals surface area (Å²) in [5.41, 5.74) is 0. The standard InChI is InChI=1S/C12H30O3Si3/c1-16(2,3)13-11-10-12(11,14-17(4,5)6)15-18(7,8)9/h11H,10H2,1-9H3. The smallest absolute Gasteiger partial charge is 0.187 e. The predicted octanol–water partition coefficient (Wildman–Crippen LogP) is 4.01. The van der Waals surface area contributed by atoms with Crippen molar-refractivity contribution < 1.29 is 13.3 Å². The van der Waals surface area contributed by atoms with Gasteiger partial charge >= 0.3 is 0 Å². The van der Waals surface area contributed by atoms with Crippen molar-refractivity contribution in [1.29, 1.82) is 0 Å². The van der Waals surface area contributed by atoms with Crippen molar-refractivity contribution in [3.8, 4) is 0 Å². The first-order valence-electron chi connectivity index (χ1n) is 6.81. The molecule has 1 fully saturated rings. The van der Waals surface area contributed by atoms with Gasteiger partial charge < -0.3 is 13.3 Å². The van der Waals surface area contributed by atoms with Gasteiger partial charge in [-0.2, -0.15) is 0 Å². The average molecular weight is 307 g/mol. The zero-order valence-corrected chi connectivity index (χ0v) is 16.5. The highest BCUT2D eigenvalue weighted by Crippen LogP contribution is 2.48. The molecule has 1 aliphatic carbocycles. The molecule has 1 unspecified atom stereocenters. The first kappa shape index (κ1) is 16.6. The summed E-state index contributed by atoms with van der Waals surface area (Å²) in [5.74, 6) is -0.421. The second kappa shape index (κ2) is 4.82. The lowest BCUT2D eigenvalue weighted by molar-refractivity contribution is -0.0643. The van der Waals surface area contributed by atoms with Gasteiger partial charge in [-0.3, -0.25) is 0 Å². The lowest BCUT2D eigenvalue weighted by Crippen LogP contribution is -2.45. The third-order valence-corrected chi connectivity index (χ3v) is 5.16. The highest BCUT2D eigenvalue weighted by molar-refractivity contribution is 6.71. The molecule has 0 radical (unpaired) electrons. The normalized spacial score (nSPS) is 24.2. The van der Waals surface area contributed by atoms with E-state index in [-0.39, 0.29) is 6.10 Å². The van der Waals surface area contributed by atoms with Crippen molar-refractivity contribution >= 4 is 25.0 Å². The van der Waals surface area contributed by atoms with E-state index in [0.29, 0.717) is 0 Å². The van der Waals surface area contributed by atoms with Crippen LogP contribution in [0.2, 0.25) is 58.9 Å². The highest BCUT2D eigenvalue weighted by Gasteiger charge is 2.62. The van der Waals surface area contributed by atoms with Crippen LogP contribution in [0.4, 0.5) is 0 Å². The quantitative estimate of drug-likeness (QED) is 0.548. The fraction of sp³-hybridized carbons (Fsp3) is 1.00. The van der Waals surface area contributed by atoms with E-state index in [1.165, 1.54) is 0 Å². The monoisotopic (exact) mass is 306 g/mol. The van der Waals surface area contributed by atoms with Crippen molar-refractivity contribution in [2.75, 3.05) is 0 Å². The minimum Gasteiger partial charge on any atom is -0.409 e. The second-order valence-electron chi connectivity index (χ2n) is 8.16. The topological polar surface area (TPSA) is 27.7 Å². The third-order valence-electron chi connectivity index (χ3n) is 2.25. The summed E-state index contributed by atoms with van der Waals surface area (Å²) < 4.78 is 18.8. The molecule has 0 saturated heterocycles. The SMILES string of the molecule is C[Si](C)(C)OC1CC1(O[Si](C)(C)C)O[Si](C)(C)C. The maximum atomic E-state index is 6.32. The van der Waals surface area contributed by atoms with Crippen LogP contribution in [-0.2, 0) is 13.3 Å². The summed E-state index contributed by atoms with van der Waals surface area (Å²) in [4.78, 5) is 0. The van der Waals surface area contributed by atoms with E-state index in [0.717, 1.165) is 6.42 Å². The molecule has 0 amide bonds. The maximum absolute atomic E-state index is 6.32. The summed E-state index contributed by atoms with van der Waals surface area (Å²) in [7, 11) is -4.76. The van der Waals surface area contributed by atoms with E-state index in [1.807, 2.05) is 0 Å². The molecule has 0 aliphatic heterocycles. The largest absolute Gasteiger partial charge is 0.409 e. The lowest BCUT2D eigenvalue weighted by atomic mass is 10.7. The molecule has 0 N–H and O–H groups in total. The van der Waals surface area contributed by atoms with Gasteiger partial charge in [0.05, 0.1) is 0 Å². The summed E-state index contributed by atoms with van der Waals surface area (Å²) in [6.07, 6.45) is 1.06. The third kappa shape index (κ3) is 5.66. The van der Waals surface area contributed by atoms with Crippen molar-refractivity contribution in [1.82, 2.24) is 0 Å². The second-order valence-corrected chi connectivity index (χ2v) is 21.5. The van der Waals surface area contributed by atoms with Crippen LogP contribution < -0.4 is 0 Å². The minimum atomic E-state index is -1.61. The Labute approximate surface area is 116 Å². The fourth-order valence-corrected chi connectivity index (χ4v) is 5.82. The van der Waals surface area contributed by atoms with Crippen LogP contribution in [0.15, 0.2) is 0 Å². The van der Waals surface area contributed by atoms with Gasteiger partial charge in [0.15, 0.2) is 30.7 Å². The van der Waals surface area contributed by atoms with Crippen LogP contribution in [0.1, 0.15) is 6.42 Å². The van der Waals surface area contributed by atoms with E-state index in [4.69, 9.17) is 13.3 Å². The molecule has 1 aliphatic rings. The summed E-state index contributed by atoms with van der Waals surface area (Å²) in [6, 6.07) is 0. The Bertz CT molecular complexity index is 283. The van der Waals surface area contributed by atoms with E-state index >= 15 is 0 Å². The van der Waals surface area contributed by atoms with Crippen molar-refractivity contribution in [2.24, 2.45) is 0 Å². The molecule has 1 atom stereocenters. The molecular weight excluding hydrogens is 276 g/mol. The Balaban J connectivity index is 2.75. The van der Waals surface area contributed by atoms with E-state index in [2.05, 4.69) is 58.9 Å². The van der Waals surface area contributed by atoms with E-state index in [9.17, 15) is 0 Å². The minimum absolute atomic E-state index is 0.155. The van der Waals surface area contributed by atoms with Crippen LogP contribution in [-0.4, -0.2) is 36.8 Å². The zero-order chi connectivity index (χ0) is 14.4. The van der Waals surface area contributed by atoms with Gasteiger partial charge in [-0.25, -0.2) is 0 Å². The first-order chi connectivity index (χ1) is 7.73. The van der Waals surface area contributed by atoms with Crippen molar-refractivity contribution in [3.63, 3.8) is 0 Å². The van der Waals surface area contributed by atoms with Gasteiger partial charge in [-0.05, 0) is 58.9 Å². The van der Waals surface area contributed by atoms with E-state index in [1.54, 1.807) is 0 Å². The average Bonchev–Trinajstić information content (AvgIpc) is 2.47. The van der Waals surface area contributed by atoms with Crippen LogP contribution in [0.25, 0.3) is 0 Å². The summed E-state index contributed by atoms with van der Waals surface area (Å²) in [5, 5.41) is 0. The Morgan fingerprint density at radius 1 is 0.722 bits per heavy atom. The maximum Gasteiger partial charge on any atom is 0.187 e. The van der Waals surface area contributed by atoms with Crippen molar-refractivity contribution in [3.05, 3.63) is 0 Å². The van der Waals surface area contributed by atoms with Gasteiger partial charge in [-0.15, -0.1) is 0 Å². The Hall–Kier alpha value is 0.531. The van der Waals surface area contributed by atoms with E-state index < -0.39 is 30.7 Å². The van der Waals surface area contributed by atoms with Crippen LogP contribution in [0, 0.1) is 0 Å². The molecule has 0 aromatic carbocycles. The van der Waals surface area contributed by atoms with Gasteiger partial charge in [-0.1, -0.05) is 0 Å². The lowest BCUT2D eigenvalue weighted by Gasteiger charge is -2.33. The van der Waals surface area contributed by atoms with Gasteiger partial charge in [0.2, 0.25) is 0 Å². The molecular formula is C12H30O3Si3. The number of hydrogen-bond donors (Lipinski definition) is 0. The number of hydrogen-bond acceptors (Lipinski definition) is 3. The number of rotatable bonds is 6. The van der Waals surface area contributed by atoms with Crippen LogP contribution >= 0.6 is 0 Å². The summed E-state index contributed by atoms with van der Waals surface area (Å²) >= 11 is 0. The van der Waals surface area contributed by atoms with Crippen LogP contribution in [0.3, 0.4) is 0 Å². The first-order valence-corrected chi connectivity index (χ1v) is 17.0. The molecule has 6 heteroatoms. The van der Waals surface area contributed by atoms with Gasteiger partial charge in [0, 0.05) is 6.42 Å². The van der Waals surface area contributed by atoms with Crippen molar-refractivity contribution in [2.45, 2.75) is 77.2 Å². The van der Waals surface area contributed by atoms with Gasteiger partial charge in [0.1, 0.15) is 6.10 Å². The molecule has 1 saturated carbocycles. The van der Waals surface area contributed by atoms with Crippen LogP contribution in [0.5, 0.6) is 0 Å². The molecule has 18 heavy (non-hydrogen) atoms. The molecule has 1 rings (SSSR count). The highest BCUT2D eigenvalue weighted by atomic mass is 28.4. The Morgan fingerprint density at radius 3 is 1.39 bits per heavy atom. The molecule has 0 bridgehead atoms. The summed E-state index contributed by atoms with van der Waals surface area (Å²) in [6.45, 7) is 20.0. The predicted molar refractivity (Wildman–Crippen MR) is 84.4 cm³/mol. The Kier molecular flexibility index (Phi) is 4.44. The Morgan fingerprint density at radius 2 is 1.11 bits per heavy atom. The molecule has 0 heterocycles. The van der Waals surface area contributed by atoms with Gasteiger partial charge in [0.25, 0.3) is 0 Å². The molecule has 0 aromatic heterocycles. The molecule has 0 aromatic rings. The zero-order valence-electron chi connectivity index (χ0n) is 13.5.